The summed E-state index contributed by atoms with van der Waals surface area (Å²) >= 11 is 0. The van der Waals surface area contributed by atoms with Crippen molar-refractivity contribution in [1.82, 2.24) is 20.3 Å². The molecular weight excluding hydrogens is 421 g/mol. The highest BCUT2D eigenvalue weighted by Gasteiger charge is 2.18. The van der Waals surface area contributed by atoms with Gasteiger partial charge in [-0.05, 0) is 43.2 Å². The van der Waals surface area contributed by atoms with E-state index < -0.39 is 6.04 Å². The Kier molecular flexibility index (Phi) is 6.46. The third-order valence-corrected chi connectivity index (χ3v) is 5.38. The minimum atomic E-state index is -0.517. The molecule has 0 aliphatic rings. The molecule has 0 aliphatic heterocycles. The molecule has 7 nitrogen and oxygen atoms in total. The van der Waals surface area contributed by atoms with Gasteiger partial charge < -0.3 is 20.7 Å². The fourth-order valence-corrected chi connectivity index (χ4v) is 3.48. The van der Waals surface area contributed by atoms with Crippen LogP contribution in [0.4, 0.5) is 16.0 Å². The first-order valence-electron chi connectivity index (χ1n) is 10.5. The quantitative estimate of drug-likeness (QED) is 0.337. The van der Waals surface area contributed by atoms with Gasteiger partial charge in [0.05, 0.1) is 18.3 Å². The summed E-state index contributed by atoms with van der Waals surface area (Å²) in [4.78, 5) is 24.6. The molecule has 4 rings (SSSR count). The Morgan fingerprint density at radius 3 is 2.70 bits per heavy atom. The number of aromatic nitrogens is 3. The van der Waals surface area contributed by atoms with Gasteiger partial charge in [-0.25, -0.2) is 14.4 Å². The fraction of sp³-hybridized carbons (Fsp3) is 0.160. The van der Waals surface area contributed by atoms with Crippen LogP contribution in [0.2, 0.25) is 0 Å². The number of carbonyl (C=O) groups excluding carboxylic acids is 1. The van der Waals surface area contributed by atoms with Crippen molar-refractivity contribution in [3.63, 3.8) is 0 Å². The Morgan fingerprint density at radius 1 is 1.15 bits per heavy atom. The maximum atomic E-state index is 13.9. The van der Waals surface area contributed by atoms with Crippen molar-refractivity contribution in [2.24, 2.45) is 0 Å². The van der Waals surface area contributed by atoms with Gasteiger partial charge in [-0.2, -0.15) is 0 Å². The van der Waals surface area contributed by atoms with E-state index in [0.29, 0.717) is 34.2 Å². The van der Waals surface area contributed by atoms with Crippen LogP contribution in [0.1, 0.15) is 33.2 Å². The standard InChI is InChI=1S/C25H24FN5O2/c1-15-12-28-25(30-20-10-6-9-19(26)16(20)2)31-23(15)18-11-21(27-13-18)24(33)29-22(14-32)17-7-4-3-5-8-17/h3-13,22,27,32H,14H2,1-2H3,(H,29,33)(H,28,30,31)/t22-/m1/s1. The molecule has 33 heavy (non-hydrogen) atoms. The van der Waals surface area contributed by atoms with Crippen molar-refractivity contribution in [3.8, 4) is 11.3 Å². The van der Waals surface area contributed by atoms with Crippen LogP contribution >= 0.6 is 0 Å². The normalized spacial score (nSPS) is 11.8. The number of nitrogens with one attached hydrogen (secondary N) is 3. The van der Waals surface area contributed by atoms with Crippen LogP contribution in [-0.2, 0) is 0 Å². The first-order valence-corrected chi connectivity index (χ1v) is 10.5. The molecule has 4 aromatic rings. The van der Waals surface area contributed by atoms with Crippen molar-refractivity contribution < 1.29 is 14.3 Å². The summed E-state index contributed by atoms with van der Waals surface area (Å²) in [6.45, 7) is 3.33. The second kappa shape index (κ2) is 9.62. The SMILES string of the molecule is Cc1cnc(Nc2cccc(F)c2C)nc1-c1c[nH]c(C(=O)N[C@H](CO)c2ccccc2)c1. The highest BCUT2D eigenvalue weighted by Crippen LogP contribution is 2.26. The summed E-state index contributed by atoms with van der Waals surface area (Å²) in [6, 6.07) is 15.2. The molecule has 2 aromatic heterocycles. The zero-order chi connectivity index (χ0) is 23.4. The number of anilines is 2. The Bertz CT molecular complexity index is 1270. The van der Waals surface area contributed by atoms with Crippen molar-refractivity contribution in [3.05, 3.63) is 95.2 Å². The van der Waals surface area contributed by atoms with Crippen LogP contribution < -0.4 is 10.6 Å². The Labute approximate surface area is 190 Å². The lowest BCUT2D eigenvalue weighted by Crippen LogP contribution is -2.30. The van der Waals surface area contributed by atoms with Gasteiger partial charge in [-0.15, -0.1) is 0 Å². The number of carbonyl (C=O) groups is 1. The lowest BCUT2D eigenvalue weighted by molar-refractivity contribution is 0.0911. The lowest BCUT2D eigenvalue weighted by atomic mass is 10.1. The zero-order valence-electron chi connectivity index (χ0n) is 18.3. The van der Waals surface area contributed by atoms with Gasteiger partial charge in [0, 0.05) is 29.2 Å². The van der Waals surface area contributed by atoms with Gasteiger partial charge in [-0.1, -0.05) is 36.4 Å². The molecule has 0 unspecified atom stereocenters. The average molecular weight is 445 g/mol. The number of hydrogen-bond acceptors (Lipinski definition) is 5. The number of H-pyrrole nitrogens is 1. The summed E-state index contributed by atoms with van der Waals surface area (Å²) in [6.07, 6.45) is 3.36. The number of aryl methyl sites for hydroxylation is 1. The molecule has 0 saturated carbocycles. The number of aliphatic hydroxyl groups is 1. The predicted molar refractivity (Wildman–Crippen MR) is 125 cm³/mol. The van der Waals surface area contributed by atoms with Gasteiger partial charge in [0.25, 0.3) is 5.91 Å². The number of hydrogen-bond donors (Lipinski definition) is 4. The third-order valence-electron chi connectivity index (χ3n) is 5.38. The van der Waals surface area contributed by atoms with Crippen molar-refractivity contribution in [1.29, 1.82) is 0 Å². The van der Waals surface area contributed by atoms with Crippen LogP contribution in [0.5, 0.6) is 0 Å². The summed E-state index contributed by atoms with van der Waals surface area (Å²) in [5.41, 5.74) is 4.37. The average Bonchev–Trinajstić information content (AvgIpc) is 3.32. The summed E-state index contributed by atoms with van der Waals surface area (Å²) in [5.74, 6) is -0.337. The van der Waals surface area contributed by atoms with Gasteiger partial charge in [0.2, 0.25) is 5.95 Å². The molecule has 0 fully saturated rings. The minimum absolute atomic E-state index is 0.219. The van der Waals surface area contributed by atoms with Crippen LogP contribution in [0.3, 0.4) is 0 Å². The monoisotopic (exact) mass is 445 g/mol. The van der Waals surface area contributed by atoms with E-state index in [1.165, 1.54) is 6.07 Å². The van der Waals surface area contributed by atoms with E-state index in [-0.39, 0.29) is 18.3 Å². The van der Waals surface area contributed by atoms with E-state index in [2.05, 4.69) is 25.6 Å². The Balaban J connectivity index is 1.54. The molecule has 2 aromatic carbocycles. The maximum Gasteiger partial charge on any atom is 0.268 e. The first kappa shape index (κ1) is 22.2. The molecular formula is C25H24FN5O2. The molecule has 0 bridgehead atoms. The van der Waals surface area contributed by atoms with Crippen LogP contribution in [0.15, 0.2) is 67.0 Å². The molecule has 0 spiro atoms. The number of aliphatic hydroxyl groups excluding tert-OH is 1. The van der Waals surface area contributed by atoms with E-state index in [1.54, 1.807) is 37.5 Å². The van der Waals surface area contributed by atoms with Crippen LogP contribution in [0, 0.1) is 19.7 Å². The molecule has 1 amide bonds. The van der Waals surface area contributed by atoms with E-state index in [1.807, 2.05) is 37.3 Å². The molecule has 0 radical (unpaired) electrons. The number of amides is 1. The fourth-order valence-electron chi connectivity index (χ4n) is 3.48. The highest BCUT2D eigenvalue weighted by atomic mass is 19.1. The second-order valence-corrected chi connectivity index (χ2v) is 7.68. The van der Waals surface area contributed by atoms with Crippen LogP contribution in [0.25, 0.3) is 11.3 Å². The van der Waals surface area contributed by atoms with Crippen molar-refractivity contribution >= 4 is 17.5 Å². The number of nitrogens with zero attached hydrogens (tertiary/aromatic N) is 2. The van der Waals surface area contributed by atoms with Gasteiger partial charge in [0.1, 0.15) is 11.5 Å². The smallest absolute Gasteiger partial charge is 0.268 e. The highest BCUT2D eigenvalue weighted by molar-refractivity contribution is 5.94. The number of aromatic amines is 1. The van der Waals surface area contributed by atoms with E-state index in [0.717, 1.165) is 11.1 Å². The first-order chi connectivity index (χ1) is 16.0. The largest absolute Gasteiger partial charge is 0.394 e. The van der Waals surface area contributed by atoms with Crippen molar-refractivity contribution in [2.45, 2.75) is 19.9 Å². The number of halogens is 1. The Hall–Kier alpha value is -4.04. The van der Waals surface area contributed by atoms with E-state index >= 15 is 0 Å². The van der Waals surface area contributed by atoms with Crippen LogP contribution in [-0.4, -0.2) is 32.6 Å². The van der Waals surface area contributed by atoms with Gasteiger partial charge in [0.15, 0.2) is 0 Å². The minimum Gasteiger partial charge on any atom is -0.394 e. The predicted octanol–water partition coefficient (Wildman–Crippen LogP) is 4.43. The molecule has 168 valence electrons. The lowest BCUT2D eigenvalue weighted by Gasteiger charge is -2.16. The van der Waals surface area contributed by atoms with E-state index in [4.69, 9.17) is 0 Å². The molecule has 8 heteroatoms. The molecule has 0 saturated heterocycles. The summed E-state index contributed by atoms with van der Waals surface area (Å²) < 4.78 is 13.9. The molecule has 1 atom stereocenters. The third kappa shape index (κ3) is 4.91. The Morgan fingerprint density at radius 2 is 1.94 bits per heavy atom. The number of rotatable bonds is 7. The summed E-state index contributed by atoms with van der Waals surface area (Å²) in [7, 11) is 0. The van der Waals surface area contributed by atoms with E-state index in [9.17, 15) is 14.3 Å². The second-order valence-electron chi connectivity index (χ2n) is 7.68. The summed E-state index contributed by atoms with van der Waals surface area (Å²) in [5, 5.41) is 15.6. The topological polar surface area (TPSA) is 103 Å². The molecule has 2 heterocycles. The van der Waals surface area contributed by atoms with Crippen molar-refractivity contribution in [2.75, 3.05) is 11.9 Å². The van der Waals surface area contributed by atoms with Gasteiger partial charge >= 0.3 is 0 Å². The maximum absolute atomic E-state index is 13.9. The molecule has 0 aliphatic carbocycles. The zero-order valence-corrected chi connectivity index (χ0v) is 18.3. The van der Waals surface area contributed by atoms with Gasteiger partial charge in [-0.3, -0.25) is 4.79 Å². The number of benzene rings is 2. The molecule has 4 N–H and O–H groups in total.